The number of benzene rings is 2. The summed E-state index contributed by atoms with van der Waals surface area (Å²) in [5.74, 6) is -0.255. The van der Waals surface area contributed by atoms with Crippen LogP contribution in [-0.2, 0) is 0 Å². The van der Waals surface area contributed by atoms with Crippen LogP contribution >= 0.6 is 11.6 Å². The number of hydrogen-bond acceptors (Lipinski definition) is 2. The highest BCUT2D eigenvalue weighted by molar-refractivity contribution is 6.30. The van der Waals surface area contributed by atoms with Gasteiger partial charge in [0.15, 0.2) is 0 Å². The van der Waals surface area contributed by atoms with Gasteiger partial charge in [0.25, 0.3) is 5.91 Å². The van der Waals surface area contributed by atoms with E-state index in [1.807, 2.05) is 19.1 Å². The molecule has 2 rings (SSSR count). The van der Waals surface area contributed by atoms with Crippen LogP contribution in [0.5, 0.6) is 0 Å². The first-order chi connectivity index (χ1) is 9.97. The smallest absolute Gasteiger partial charge is 0.267 e. The van der Waals surface area contributed by atoms with Gasteiger partial charge in [0.2, 0.25) is 0 Å². The molecule has 108 valence electrons. The zero-order chi connectivity index (χ0) is 15.4. The molecular formula is C17H17ClN2O. The lowest BCUT2D eigenvalue weighted by Crippen LogP contribution is -2.19. The zero-order valence-electron chi connectivity index (χ0n) is 12.3. The predicted octanol–water partition coefficient (Wildman–Crippen LogP) is 4.11. The van der Waals surface area contributed by atoms with Crippen LogP contribution in [0.15, 0.2) is 47.6 Å². The summed E-state index contributed by atoms with van der Waals surface area (Å²) in [4.78, 5) is 12.0. The van der Waals surface area contributed by atoms with Crippen LogP contribution in [0, 0.1) is 13.8 Å². The Kier molecular flexibility index (Phi) is 4.76. The van der Waals surface area contributed by atoms with Crippen molar-refractivity contribution in [2.24, 2.45) is 5.10 Å². The number of aryl methyl sites for hydroxylation is 2. The summed E-state index contributed by atoms with van der Waals surface area (Å²) >= 11 is 5.79. The molecule has 0 fully saturated rings. The van der Waals surface area contributed by atoms with Crippen molar-refractivity contribution >= 4 is 23.2 Å². The molecule has 0 heterocycles. The Labute approximate surface area is 129 Å². The lowest BCUT2D eigenvalue weighted by atomic mass is 10.0. The van der Waals surface area contributed by atoms with E-state index in [1.54, 1.807) is 24.3 Å². The van der Waals surface area contributed by atoms with Crippen LogP contribution in [0.25, 0.3) is 0 Å². The third-order valence-electron chi connectivity index (χ3n) is 3.36. The van der Waals surface area contributed by atoms with Crippen LogP contribution < -0.4 is 5.43 Å². The minimum atomic E-state index is -0.255. The van der Waals surface area contributed by atoms with E-state index in [2.05, 4.69) is 30.4 Å². The Balaban J connectivity index is 2.10. The Morgan fingerprint density at radius 1 is 1.00 bits per heavy atom. The first-order valence-electron chi connectivity index (χ1n) is 6.65. The highest BCUT2D eigenvalue weighted by Gasteiger charge is 2.05. The monoisotopic (exact) mass is 300 g/mol. The molecule has 4 heteroatoms. The molecular weight excluding hydrogens is 284 g/mol. The van der Waals surface area contributed by atoms with Gasteiger partial charge < -0.3 is 0 Å². The summed E-state index contributed by atoms with van der Waals surface area (Å²) in [5.41, 5.74) is 7.27. The van der Waals surface area contributed by atoms with E-state index in [1.165, 1.54) is 11.1 Å². The van der Waals surface area contributed by atoms with Gasteiger partial charge in [-0.1, -0.05) is 23.7 Å². The van der Waals surface area contributed by atoms with Gasteiger partial charge >= 0.3 is 0 Å². The Morgan fingerprint density at radius 2 is 1.62 bits per heavy atom. The van der Waals surface area contributed by atoms with Gasteiger partial charge in [0, 0.05) is 10.6 Å². The average Bonchev–Trinajstić information content (AvgIpc) is 2.48. The van der Waals surface area contributed by atoms with Gasteiger partial charge in [0.05, 0.1) is 5.71 Å². The van der Waals surface area contributed by atoms with Crippen molar-refractivity contribution in [3.63, 3.8) is 0 Å². The second-order valence-electron chi connectivity index (χ2n) is 4.94. The van der Waals surface area contributed by atoms with Crippen molar-refractivity contribution in [3.05, 3.63) is 69.7 Å². The molecule has 21 heavy (non-hydrogen) atoms. The van der Waals surface area contributed by atoms with Crippen molar-refractivity contribution in [2.45, 2.75) is 20.8 Å². The number of carbonyl (C=O) groups is 1. The Bertz CT molecular complexity index is 690. The zero-order valence-corrected chi connectivity index (χ0v) is 13.0. The highest BCUT2D eigenvalue weighted by atomic mass is 35.5. The molecule has 0 radical (unpaired) electrons. The molecule has 0 saturated heterocycles. The second-order valence-corrected chi connectivity index (χ2v) is 5.38. The van der Waals surface area contributed by atoms with Gasteiger partial charge in [-0.15, -0.1) is 0 Å². The lowest BCUT2D eigenvalue weighted by molar-refractivity contribution is 0.0955. The van der Waals surface area contributed by atoms with Gasteiger partial charge in [-0.3, -0.25) is 4.79 Å². The molecule has 0 aliphatic heterocycles. The molecule has 0 unspecified atom stereocenters. The van der Waals surface area contributed by atoms with Crippen LogP contribution in [0.2, 0.25) is 5.02 Å². The minimum absolute atomic E-state index is 0.255. The number of rotatable bonds is 3. The number of amides is 1. The van der Waals surface area contributed by atoms with E-state index < -0.39 is 0 Å². The molecule has 1 amide bonds. The van der Waals surface area contributed by atoms with Crippen molar-refractivity contribution in [1.29, 1.82) is 0 Å². The SMILES string of the molecule is C/C(=N\NC(=O)c1ccc(Cl)cc1)c1ccc(C)c(C)c1. The fraction of sp³-hybridized carbons (Fsp3) is 0.176. The maximum Gasteiger partial charge on any atom is 0.271 e. The van der Waals surface area contributed by atoms with Gasteiger partial charge in [-0.25, -0.2) is 5.43 Å². The molecule has 3 nitrogen and oxygen atoms in total. The van der Waals surface area contributed by atoms with E-state index in [0.29, 0.717) is 10.6 Å². The third-order valence-corrected chi connectivity index (χ3v) is 3.61. The molecule has 0 bridgehead atoms. The topological polar surface area (TPSA) is 41.5 Å². The summed E-state index contributed by atoms with van der Waals surface area (Å²) in [5, 5.41) is 4.75. The normalized spacial score (nSPS) is 11.3. The summed E-state index contributed by atoms with van der Waals surface area (Å²) in [6.07, 6.45) is 0. The number of hydrogen-bond donors (Lipinski definition) is 1. The molecule has 0 aliphatic carbocycles. The summed E-state index contributed by atoms with van der Waals surface area (Å²) < 4.78 is 0. The van der Waals surface area contributed by atoms with Crippen molar-refractivity contribution < 1.29 is 4.79 Å². The fourth-order valence-corrected chi connectivity index (χ4v) is 1.96. The summed E-state index contributed by atoms with van der Waals surface area (Å²) in [6.45, 7) is 5.98. The fourth-order valence-electron chi connectivity index (χ4n) is 1.83. The van der Waals surface area contributed by atoms with Crippen LogP contribution in [-0.4, -0.2) is 11.6 Å². The van der Waals surface area contributed by atoms with Crippen molar-refractivity contribution in [3.8, 4) is 0 Å². The third kappa shape index (κ3) is 3.92. The van der Waals surface area contributed by atoms with E-state index >= 15 is 0 Å². The average molecular weight is 301 g/mol. The van der Waals surface area contributed by atoms with Gasteiger partial charge in [-0.05, 0) is 67.8 Å². The first-order valence-corrected chi connectivity index (χ1v) is 7.03. The second kappa shape index (κ2) is 6.55. The van der Waals surface area contributed by atoms with Crippen molar-refractivity contribution in [2.75, 3.05) is 0 Å². The largest absolute Gasteiger partial charge is 0.271 e. The number of halogens is 1. The first kappa shape index (κ1) is 15.3. The van der Waals surface area contributed by atoms with E-state index in [9.17, 15) is 4.79 Å². The van der Waals surface area contributed by atoms with Crippen LogP contribution in [0.4, 0.5) is 0 Å². The Hall–Kier alpha value is -2.13. The number of carbonyl (C=O) groups excluding carboxylic acids is 1. The van der Waals surface area contributed by atoms with E-state index in [4.69, 9.17) is 11.6 Å². The molecule has 2 aromatic rings. The number of hydrazone groups is 1. The molecule has 0 saturated carbocycles. The summed E-state index contributed by atoms with van der Waals surface area (Å²) in [6, 6.07) is 12.8. The van der Waals surface area contributed by atoms with Crippen molar-refractivity contribution in [1.82, 2.24) is 5.43 Å². The maximum absolute atomic E-state index is 12.0. The van der Waals surface area contributed by atoms with Gasteiger partial charge in [-0.2, -0.15) is 5.10 Å². The standard InChI is InChI=1S/C17H17ClN2O/c1-11-4-5-15(10-12(11)2)13(3)19-20-17(21)14-6-8-16(18)9-7-14/h4-10H,1-3H3,(H,20,21)/b19-13+. The van der Waals surface area contributed by atoms with Crippen LogP contribution in [0.3, 0.4) is 0 Å². The predicted molar refractivity (Wildman–Crippen MR) is 87.0 cm³/mol. The van der Waals surface area contributed by atoms with E-state index in [-0.39, 0.29) is 5.91 Å². The molecule has 2 aromatic carbocycles. The molecule has 0 atom stereocenters. The molecule has 0 aromatic heterocycles. The maximum atomic E-state index is 12.0. The molecule has 1 N–H and O–H groups in total. The molecule has 0 aliphatic rings. The highest BCUT2D eigenvalue weighted by Crippen LogP contribution is 2.11. The van der Waals surface area contributed by atoms with E-state index in [0.717, 1.165) is 11.3 Å². The minimum Gasteiger partial charge on any atom is -0.267 e. The summed E-state index contributed by atoms with van der Waals surface area (Å²) in [7, 11) is 0. The number of nitrogens with one attached hydrogen (secondary N) is 1. The van der Waals surface area contributed by atoms with Gasteiger partial charge in [0.1, 0.15) is 0 Å². The Morgan fingerprint density at radius 3 is 2.24 bits per heavy atom. The van der Waals surface area contributed by atoms with Crippen LogP contribution in [0.1, 0.15) is 34.0 Å². The molecule has 0 spiro atoms. The quantitative estimate of drug-likeness (QED) is 0.672. The number of nitrogens with zero attached hydrogens (tertiary/aromatic N) is 1. The lowest BCUT2D eigenvalue weighted by Gasteiger charge is -2.06.